The SMILES string of the molecule is C[C@H](OC(=O)c1cccc(S(=O)(=O)N2c3ccccc3C[C@H]2C)c1)C(=O)Nc1cc(C(F)(F)F)ccc1Cl. The molecule has 3 aromatic rings. The number of sulfonamides is 1. The lowest BCUT2D eigenvalue weighted by Gasteiger charge is -2.24. The van der Waals surface area contributed by atoms with E-state index in [0.29, 0.717) is 18.2 Å². The molecule has 7 nitrogen and oxygen atoms in total. The van der Waals surface area contributed by atoms with Crippen LogP contribution in [0, 0.1) is 0 Å². The van der Waals surface area contributed by atoms with Gasteiger partial charge in [-0.15, -0.1) is 0 Å². The third-order valence-electron chi connectivity index (χ3n) is 5.98. The Morgan fingerprint density at radius 2 is 1.79 bits per heavy atom. The van der Waals surface area contributed by atoms with Crippen LogP contribution in [0.2, 0.25) is 5.02 Å². The van der Waals surface area contributed by atoms with Crippen LogP contribution in [-0.2, 0) is 32.2 Å². The first-order valence-corrected chi connectivity index (χ1v) is 13.2. The smallest absolute Gasteiger partial charge is 0.416 e. The summed E-state index contributed by atoms with van der Waals surface area (Å²) >= 11 is 5.90. The highest BCUT2D eigenvalue weighted by atomic mass is 35.5. The maximum atomic E-state index is 13.5. The molecular formula is C26H22ClF3N2O5S. The van der Waals surface area contributed by atoms with Gasteiger partial charge in [0, 0.05) is 6.04 Å². The number of nitrogens with zero attached hydrogens (tertiary/aromatic N) is 1. The molecule has 1 heterocycles. The highest BCUT2D eigenvalue weighted by Gasteiger charge is 2.36. The molecule has 0 saturated carbocycles. The van der Waals surface area contributed by atoms with E-state index < -0.39 is 39.7 Å². The summed E-state index contributed by atoms with van der Waals surface area (Å²) in [7, 11) is -4.02. The zero-order valence-corrected chi connectivity index (χ0v) is 21.7. The summed E-state index contributed by atoms with van der Waals surface area (Å²) in [5, 5.41) is 2.08. The molecule has 1 aliphatic rings. The maximum absolute atomic E-state index is 13.5. The second-order valence-electron chi connectivity index (χ2n) is 8.74. The van der Waals surface area contributed by atoms with Crippen LogP contribution < -0.4 is 9.62 Å². The molecule has 1 N–H and O–H groups in total. The van der Waals surface area contributed by atoms with Gasteiger partial charge in [0.05, 0.1) is 32.4 Å². The van der Waals surface area contributed by atoms with Gasteiger partial charge in [-0.25, -0.2) is 13.2 Å². The predicted octanol–water partition coefficient (Wildman–Crippen LogP) is 5.68. The first kappa shape index (κ1) is 27.5. The first-order valence-electron chi connectivity index (χ1n) is 11.4. The average Bonchev–Trinajstić information content (AvgIpc) is 3.21. The van der Waals surface area contributed by atoms with Crippen LogP contribution in [0.1, 0.15) is 35.3 Å². The summed E-state index contributed by atoms with van der Waals surface area (Å²) < 4.78 is 72.4. The average molecular weight is 567 g/mol. The Hall–Kier alpha value is -3.57. The normalized spacial score (nSPS) is 16.1. The summed E-state index contributed by atoms with van der Waals surface area (Å²) in [6, 6.07) is 14.4. The Kier molecular flexibility index (Phi) is 7.44. The van der Waals surface area contributed by atoms with E-state index in [-0.39, 0.29) is 27.2 Å². The highest BCUT2D eigenvalue weighted by molar-refractivity contribution is 7.92. The Bertz CT molecular complexity index is 1510. The molecule has 1 amide bonds. The Balaban J connectivity index is 1.50. The van der Waals surface area contributed by atoms with Gasteiger partial charge >= 0.3 is 12.1 Å². The number of fused-ring (bicyclic) bond motifs is 1. The lowest BCUT2D eigenvalue weighted by Crippen LogP contribution is -2.35. The molecule has 0 aliphatic carbocycles. The molecule has 200 valence electrons. The lowest BCUT2D eigenvalue weighted by molar-refractivity contribution is -0.137. The van der Waals surface area contributed by atoms with E-state index in [4.69, 9.17) is 16.3 Å². The van der Waals surface area contributed by atoms with E-state index in [1.807, 2.05) is 12.1 Å². The first-order chi connectivity index (χ1) is 17.8. The van der Waals surface area contributed by atoms with Crippen molar-refractivity contribution in [3.8, 4) is 0 Å². The molecule has 0 fully saturated rings. The number of alkyl halides is 3. The van der Waals surface area contributed by atoms with Gasteiger partial charge in [0.2, 0.25) is 0 Å². The third kappa shape index (κ3) is 5.48. The van der Waals surface area contributed by atoms with Gasteiger partial charge in [-0.1, -0.05) is 35.9 Å². The number of anilines is 2. The fourth-order valence-corrected chi connectivity index (χ4v) is 6.02. The largest absolute Gasteiger partial charge is 0.449 e. The number of benzene rings is 3. The van der Waals surface area contributed by atoms with Crippen LogP contribution >= 0.6 is 11.6 Å². The van der Waals surface area contributed by atoms with E-state index in [0.717, 1.165) is 23.8 Å². The zero-order chi connectivity index (χ0) is 27.8. The minimum atomic E-state index is -4.65. The van der Waals surface area contributed by atoms with Crippen LogP contribution in [0.4, 0.5) is 24.5 Å². The van der Waals surface area contributed by atoms with Gasteiger partial charge in [0.25, 0.3) is 15.9 Å². The summed E-state index contributed by atoms with van der Waals surface area (Å²) in [5.41, 5.74) is 0.00616. The minimum absolute atomic E-state index is 0.122. The molecule has 2 atom stereocenters. The van der Waals surface area contributed by atoms with Crippen molar-refractivity contribution in [3.63, 3.8) is 0 Å². The number of carbonyl (C=O) groups is 2. The number of amides is 1. The number of esters is 1. The van der Waals surface area contributed by atoms with E-state index in [1.165, 1.54) is 29.4 Å². The molecule has 12 heteroatoms. The third-order valence-corrected chi connectivity index (χ3v) is 8.23. The number of nitrogens with one attached hydrogen (secondary N) is 1. The number of ether oxygens (including phenoxy) is 1. The van der Waals surface area contributed by atoms with Crippen molar-refractivity contribution in [1.82, 2.24) is 0 Å². The second-order valence-corrected chi connectivity index (χ2v) is 11.0. The molecule has 3 aromatic carbocycles. The van der Waals surface area contributed by atoms with Crippen molar-refractivity contribution in [3.05, 3.63) is 88.4 Å². The maximum Gasteiger partial charge on any atom is 0.416 e. The lowest BCUT2D eigenvalue weighted by atomic mass is 10.1. The molecular weight excluding hydrogens is 545 g/mol. The van der Waals surface area contributed by atoms with Gasteiger partial charge in [-0.3, -0.25) is 9.10 Å². The number of para-hydroxylation sites is 1. The van der Waals surface area contributed by atoms with Crippen molar-refractivity contribution in [2.45, 2.75) is 43.5 Å². The Morgan fingerprint density at radius 3 is 2.50 bits per heavy atom. The molecule has 0 spiro atoms. The van der Waals surface area contributed by atoms with Crippen LogP contribution in [0.3, 0.4) is 0 Å². The Labute approximate surface area is 222 Å². The molecule has 0 unspecified atom stereocenters. The zero-order valence-electron chi connectivity index (χ0n) is 20.1. The number of rotatable bonds is 6. The van der Waals surface area contributed by atoms with Gasteiger partial charge in [0.15, 0.2) is 6.10 Å². The molecule has 0 radical (unpaired) electrons. The topological polar surface area (TPSA) is 92.8 Å². The number of hydrogen-bond donors (Lipinski definition) is 1. The van der Waals surface area contributed by atoms with Crippen LogP contribution in [0.25, 0.3) is 0 Å². The van der Waals surface area contributed by atoms with E-state index >= 15 is 0 Å². The quantitative estimate of drug-likeness (QED) is 0.387. The van der Waals surface area contributed by atoms with Crippen molar-refractivity contribution in [2.75, 3.05) is 9.62 Å². The highest BCUT2D eigenvalue weighted by Crippen LogP contribution is 2.37. The molecule has 1 aliphatic heterocycles. The van der Waals surface area contributed by atoms with Gasteiger partial charge in [-0.2, -0.15) is 13.2 Å². The van der Waals surface area contributed by atoms with Gasteiger partial charge < -0.3 is 10.1 Å². The van der Waals surface area contributed by atoms with E-state index in [9.17, 15) is 31.2 Å². The summed E-state index contributed by atoms with van der Waals surface area (Å²) in [5.74, 6) is -1.92. The second kappa shape index (κ2) is 10.3. The summed E-state index contributed by atoms with van der Waals surface area (Å²) in [4.78, 5) is 25.1. The predicted molar refractivity (Wildman–Crippen MR) is 136 cm³/mol. The molecule has 0 aromatic heterocycles. The van der Waals surface area contributed by atoms with Crippen molar-refractivity contribution in [1.29, 1.82) is 0 Å². The molecule has 4 rings (SSSR count). The standard InChI is InChI=1S/C26H22ClF3N2O5S/c1-15-12-17-6-3-4-9-23(17)32(15)38(35,36)20-8-5-7-18(13-20)25(34)37-16(2)24(33)31-22-14-19(26(28,29)30)10-11-21(22)27/h3-11,13-16H,12H2,1-2H3,(H,31,33)/t15-,16+/m1/s1. The monoisotopic (exact) mass is 566 g/mol. The van der Waals surface area contributed by atoms with Crippen LogP contribution in [-0.4, -0.2) is 32.4 Å². The van der Waals surface area contributed by atoms with Crippen LogP contribution in [0.5, 0.6) is 0 Å². The number of halogens is 4. The van der Waals surface area contributed by atoms with Crippen molar-refractivity contribution < 1.29 is 35.9 Å². The van der Waals surface area contributed by atoms with Crippen LogP contribution in [0.15, 0.2) is 71.6 Å². The fourth-order valence-electron chi connectivity index (χ4n) is 4.11. The van der Waals surface area contributed by atoms with E-state index in [1.54, 1.807) is 19.1 Å². The van der Waals surface area contributed by atoms with Crippen molar-refractivity contribution >= 4 is 44.9 Å². The van der Waals surface area contributed by atoms with Gasteiger partial charge in [0.1, 0.15) is 0 Å². The van der Waals surface area contributed by atoms with Gasteiger partial charge in [-0.05, 0) is 68.3 Å². The molecule has 0 saturated heterocycles. The van der Waals surface area contributed by atoms with E-state index in [2.05, 4.69) is 5.32 Å². The summed E-state index contributed by atoms with van der Waals surface area (Å²) in [6.45, 7) is 3.00. The fraction of sp³-hybridized carbons (Fsp3) is 0.231. The summed E-state index contributed by atoms with van der Waals surface area (Å²) in [6.07, 6.45) is -5.54. The number of hydrogen-bond acceptors (Lipinski definition) is 5. The minimum Gasteiger partial charge on any atom is -0.449 e. The molecule has 38 heavy (non-hydrogen) atoms. The molecule has 0 bridgehead atoms. The number of carbonyl (C=O) groups excluding carboxylic acids is 2. The Morgan fingerprint density at radius 1 is 1.08 bits per heavy atom. The van der Waals surface area contributed by atoms with Crippen molar-refractivity contribution in [2.24, 2.45) is 0 Å².